The monoisotopic (exact) mass is 188 g/mol. The molecule has 1 aliphatic rings. The Morgan fingerprint density at radius 3 is 2.54 bits per heavy atom. The lowest BCUT2D eigenvalue weighted by molar-refractivity contribution is -0.139. The first-order valence-electron chi connectivity index (χ1n) is 4.16. The molecule has 0 bridgehead atoms. The van der Waals surface area contributed by atoms with Crippen LogP contribution in [0.2, 0.25) is 0 Å². The lowest BCUT2D eigenvalue weighted by Gasteiger charge is -1.99. The van der Waals surface area contributed by atoms with E-state index in [1.807, 2.05) is 0 Å². The Labute approximate surface area is 78.2 Å². The third-order valence-corrected chi connectivity index (χ3v) is 1.15. The zero-order chi connectivity index (χ0) is 10.3. The predicted octanol–water partition coefficient (Wildman–Crippen LogP) is 0.503. The zero-order valence-electron chi connectivity index (χ0n) is 8.08. The van der Waals surface area contributed by atoms with E-state index in [0.29, 0.717) is 18.8 Å². The molecule has 4 nitrogen and oxygen atoms in total. The standard InChI is InChI=1S/C7H10O3.C2H6O/c1-5(2)7(8)10-4-6-3-9-6;1-2-3/h6H,1,3-4H2,2H3;3H,2H2,1H3. The van der Waals surface area contributed by atoms with Crippen molar-refractivity contribution in [3.8, 4) is 0 Å². The zero-order valence-corrected chi connectivity index (χ0v) is 8.08. The van der Waals surface area contributed by atoms with Crippen LogP contribution in [0.25, 0.3) is 0 Å². The van der Waals surface area contributed by atoms with Crippen molar-refractivity contribution in [2.24, 2.45) is 0 Å². The second kappa shape index (κ2) is 6.62. The number of carbonyl (C=O) groups is 1. The number of hydrogen-bond acceptors (Lipinski definition) is 4. The molecule has 0 amide bonds. The molecule has 1 unspecified atom stereocenters. The molecular formula is C9H16O4. The van der Waals surface area contributed by atoms with Crippen molar-refractivity contribution in [1.82, 2.24) is 0 Å². The Bertz CT molecular complexity index is 172. The van der Waals surface area contributed by atoms with E-state index in [4.69, 9.17) is 14.6 Å². The molecule has 1 heterocycles. The van der Waals surface area contributed by atoms with Gasteiger partial charge < -0.3 is 14.6 Å². The minimum atomic E-state index is -0.337. The van der Waals surface area contributed by atoms with Gasteiger partial charge in [-0.05, 0) is 13.8 Å². The molecule has 0 spiro atoms. The van der Waals surface area contributed by atoms with Gasteiger partial charge in [0.05, 0.1) is 6.61 Å². The molecule has 0 aromatic heterocycles. The first-order valence-corrected chi connectivity index (χ1v) is 4.16. The molecule has 4 heteroatoms. The van der Waals surface area contributed by atoms with E-state index in [0.717, 1.165) is 0 Å². The van der Waals surface area contributed by atoms with Crippen LogP contribution in [0.5, 0.6) is 0 Å². The third kappa shape index (κ3) is 7.49. The molecule has 0 saturated carbocycles. The van der Waals surface area contributed by atoms with E-state index in [-0.39, 0.29) is 18.7 Å². The van der Waals surface area contributed by atoms with E-state index in [1.54, 1.807) is 13.8 Å². The number of carbonyl (C=O) groups excluding carboxylic acids is 1. The van der Waals surface area contributed by atoms with Crippen molar-refractivity contribution in [2.75, 3.05) is 19.8 Å². The van der Waals surface area contributed by atoms with E-state index in [9.17, 15) is 4.79 Å². The van der Waals surface area contributed by atoms with Gasteiger partial charge in [-0.25, -0.2) is 4.79 Å². The summed E-state index contributed by atoms with van der Waals surface area (Å²) >= 11 is 0. The van der Waals surface area contributed by atoms with Crippen LogP contribution in [0.4, 0.5) is 0 Å². The summed E-state index contributed by atoms with van der Waals surface area (Å²) in [6.07, 6.45) is 0.142. The Morgan fingerprint density at radius 2 is 2.23 bits per heavy atom. The molecule has 0 radical (unpaired) electrons. The van der Waals surface area contributed by atoms with E-state index < -0.39 is 0 Å². The average molecular weight is 188 g/mol. The Morgan fingerprint density at radius 1 is 1.77 bits per heavy atom. The highest BCUT2D eigenvalue weighted by molar-refractivity contribution is 5.86. The fourth-order valence-electron chi connectivity index (χ4n) is 0.456. The topological polar surface area (TPSA) is 59.1 Å². The maximum Gasteiger partial charge on any atom is 0.333 e. The number of aliphatic hydroxyl groups excluding tert-OH is 1. The fourth-order valence-corrected chi connectivity index (χ4v) is 0.456. The van der Waals surface area contributed by atoms with Gasteiger partial charge in [-0.2, -0.15) is 0 Å². The number of epoxide rings is 1. The van der Waals surface area contributed by atoms with Gasteiger partial charge in [-0.15, -0.1) is 0 Å². The van der Waals surface area contributed by atoms with Crippen LogP contribution in [0, 0.1) is 0 Å². The fraction of sp³-hybridized carbons (Fsp3) is 0.667. The lowest BCUT2D eigenvalue weighted by Crippen LogP contribution is -2.09. The summed E-state index contributed by atoms with van der Waals surface area (Å²) in [4.78, 5) is 10.7. The van der Waals surface area contributed by atoms with Crippen molar-refractivity contribution in [3.05, 3.63) is 12.2 Å². The van der Waals surface area contributed by atoms with Crippen molar-refractivity contribution >= 4 is 5.97 Å². The minimum Gasteiger partial charge on any atom is -0.459 e. The van der Waals surface area contributed by atoms with Gasteiger partial charge in [0.15, 0.2) is 0 Å². The molecule has 1 atom stereocenters. The van der Waals surface area contributed by atoms with Gasteiger partial charge >= 0.3 is 5.97 Å². The number of esters is 1. The van der Waals surface area contributed by atoms with Crippen LogP contribution in [-0.2, 0) is 14.3 Å². The summed E-state index contributed by atoms with van der Waals surface area (Å²) in [5.74, 6) is -0.337. The summed E-state index contributed by atoms with van der Waals surface area (Å²) < 4.78 is 9.60. The van der Waals surface area contributed by atoms with Crippen LogP contribution in [0.15, 0.2) is 12.2 Å². The molecule has 1 rings (SSSR count). The minimum absolute atomic E-state index is 0.142. The van der Waals surface area contributed by atoms with Crippen molar-refractivity contribution < 1.29 is 19.4 Å². The first-order chi connectivity index (χ1) is 6.11. The summed E-state index contributed by atoms with van der Waals surface area (Å²) in [5, 5.41) is 7.57. The highest BCUT2D eigenvalue weighted by Gasteiger charge is 2.24. The van der Waals surface area contributed by atoms with Gasteiger partial charge in [0.1, 0.15) is 12.7 Å². The van der Waals surface area contributed by atoms with Gasteiger partial charge in [0, 0.05) is 12.2 Å². The number of ether oxygens (including phenoxy) is 2. The largest absolute Gasteiger partial charge is 0.459 e. The van der Waals surface area contributed by atoms with Crippen LogP contribution >= 0.6 is 0 Å². The van der Waals surface area contributed by atoms with Crippen molar-refractivity contribution in [1.29, 1.82) is 0 Å². The van der Waals surface area contributed by atoms with Crippen molar-refractivity contribution in [2.45, 2.75) is 20.0 Å². The molecule has 0 aromatic carbocycles. The maximum atomic E-state index is 10.7. The summed E-state index contributed by atoms with van der Waals surface area (Å²) in [6.45, 7) is 8.07. The Balaban J connectivity index is 0.000000424. The number of aliphatic hydroxyl groups is 1. The molecule has 0 aliphatic carbocycles. The second-order valence-electron chi connectivity index (χ2n) is 2.65. The van der Waals surface area contributed by atoms with Gasteiger partial charge in [-0.3, -0.25) is 0 Å². The molecule has 1 fully saturated rings. The quantitative estimate of drug-likeness (QED) is 0.398. The molecule has 76 valence electrons. The highest BCUT2D eigenvalue weighted by Crippen LogP contribution is 2.09. The van der Waals surface area contributed by atoms with E-state index in [1.165, 1.54) is 0 Å². The van der Waals surface area contributed by atoms with Crippen molar-refractivity contribution in [3.63, 3.8) is 0 Å². The van der Waals surface area contributed by atoms with E-state index in [2.05, 4.69) is 6.58 Å². The Kier molecular flexibility index (Phi) is 6.18. The molecule has 1 saturated heterocycles. The molecule has 1 N–H and O–H groups in total. The van der Waals surface area contributed by atoms with Gasteiger partial charge in [0.2, 0.25) is 0 Å². The molecular weight excluding hydrogens is 172 g/mol. The second-order valence-corrected chi connectivity index (χ2v) is 2.65. The number of hydrogen-bond donors (Lipinski definition) is 1. The highest BCUT2D eigenvalue weighted by atomic mass is 16.6. The lowest BCUT2D eigenvalue weighted by atomic mass is 10.4. The first kappa shape index (κ1) is 12.1. The smallest absolute Gasteiger partial charge is 0.333 e. The third-order valence-electron chi connectivity index (χ3n) is 1.15. The SMILES string of the molecule is C=C(C)C(=O)OCC1CO1.CCO. The van der Waals surface area contributed by atoms with Gasteiger partial charge in [0.25, 0.3) is 0 Å². The average Bonchev–Trinajstić information content (AvgIpc) is 2.84. The van der Waals surface area contributed by atoms with Crippen LogP contribution in [0.1, 0.15) is 13.8 Å². The summed E-state index contributed by atoms with van der Waals surface area (Å²) in [7, 11) is 0. The van der Waals surface area contributed by atoms with Crippen LogP contribution in [-0.4, -0.2) is 37.0 Å². The summed E-state index contributed by atoms with van der Waals surface area (Å²) in [6, 6.07) is 0. The Hall–Kier alpha value is -0.870. The predicted molar refractivity (Wildman–Crippen MR) is 48.3 cm³/mol. The molecule has 0 aromatic rings. The van der Waals surface area contributed by atoms with E-state index >= 15 is 0 Å². The van der Waals surface area contributed by atoms with Crippen LogP contribution in [0.3, 0.4) is 0 Å². The normalized spacial score (nSPS) is 18.2. The molecule has 13 heavy (non-hydrogen) atoms. The molecule has 1 aliphatic heterocycles. The summed E-state index contributed by atoms with van der Waals surface area (Å²) in [5.41, 5.74) is 0.431. The van der Waals surface area contributed by atoms with Gasteiger partial charge in [-0.1, -0.05) is 6.58 Å². The van der Waals surface area contributed by atoms with Crippen LogP contribution < -0.4 is 0 Å². The maximum absolute atomic E-state index is 10.7. The number of rotatable bonds is 3.